The third-order valence-corrected chi connectivity index (χ3v) is 0.371. The van der Waals surface area contributed by atoms with E-state index in [9.17, 15) is 0 Å². The molecule has 0 aromatic rings. The Morgan fingerprint density at radius 3 is 2.67 bits per heavy atom. The number of hydrogen-bond donors (Lipinski definition) is 2. The van der Waals surface area contributed by atoms with E-state index in [1.54, 1.807) is 5.64 Å². The smallest absolute Gasteiger partial charge is 0.0706 e. The standard InChI is InChI=1S/C3H9NO2/c1-2-3-6-4-5/h4-5H,2-3H2,1H3. The number of rotatable bonds is 3. The highest BCUT2D eigenvalue weighted by molar-refractivity contribution is 4.14. The Morgan fingerprint density at radius 1 is 1.83 bits per heavy atom. The largest absolute Gasteiger partial charge is 0.292 e. The third-order valence-electron chi connectivity index (χ3n) is 0.371. The molecule has 0 saturated carbocycles. The van der Waals surface area contributed by atoms with Crippen LogP contribution >= 0.6 is 0 Å². The first-order valence-electron chi connectivity index (χ1n) is 1.92. The van der Waals surface area contributed by atoms with Gasteiger partial charge in [-0.25, -0.2) is 0 Å². The maximum atomic E-state index is 7.73. The van der Waals surface area contributed by atoms with Crippen LogP contribution in [0.15, 0.2) is 0 Å². The molecule has 3 nitrogen and oxygen atoms in total. The Hall–Kier alpha value is -0.120. The molecule has 6 heavy (non-hydrogen) atoms. The van der Waals surface area contributed by atoms with Crippen molar-refractivity contribution in [3.05, 3.63) is 0 Å². The van der Waals surface area contributed by atoms with E-state index in [-0.39, 0.29) is 0 Å². The summed E-state index contributed by atoms with van der Waals surface area (Å²) in [5.41, 5.74) is 1.57. The summed E-state index contributed by atoms with van der Waals surface area (Å²) in [7, 11) is 0. The second kappa shape index (κ2) is 4.88. The highest BCUT2D eigenvalue weighted by Crippen LogP contribution is 1.70. The van der Waals surface area contributed by atoms with Crippen LogP contribution in [0, 0.1) is 0 Å². The Kier molecular flexibility index (Phi) is 4.78. The molecule has 3 heteroatoms. The van der Waals surface area contributed by atoms with Gasteiger partial charge in [-0.05, 0) is 6.42 Å². The average molecular weight is 91.1 g/mol. The van der Waals surface area contributed by atoms with Gasteiger partial charge >= 0.3 is 0 Å². The van der Waals surface area contributed by atoms with E-state index < -0.39 is 0 Å². The van der Waals surface area contributed by atoms with Gasteiger partial charge in [-0.1, -0.05) is 12.6 Å². The van der Waals surface area contributed by atoms with Gasteiger partial charge in [0.2, 0.25) is 0 Å². The summed E-state index contributed by atoms with van der Waals surface area (Å²) in [5.74, 6) is 0. The minimum Gasteiger partial charge on any atom is -0.292 e. The quantitative estimate of drug-likeness (QED) is 0.388. The van der Waals surface area contributed by atoms with Crippen molar-refractivity contribution >= 4 is 0 Å². The topological polar surface area (TPSA) is 41.5 Å². The van der Waals surface area contributed by atoms with Crippen LogP contribution in [0.3, 0.4) is 0 Å². The van der Waals surface area contributed by atoms with E-state index >= 15 is 0 Å². The number of hydrogen-bond acceptors (Lipinski definition) is 3. The molecule has 0 bridgehead atoms. The SMILES string of the molecule is CCCONO. The predicted octanol–water partition coefficient (Wildman–Crippen LogP) is 0.307. The fourth-order valence-electron chi connectivity index (χ4n) is 0.148. The van der Waals surface area contributed by atoms with Gasteiger partial charge in [-0.3, -0.25) is 10.0 Å². The lowest BCUT2D eigenvalue weighted by Crippen LogP contribution is -2.07. The molecule has 0 atom stereocenters. The Bertz CT molecular complexity index is 20.8. The van der Waals surface area contributed by atoms with Gasteiger partial charge in [-0.2, -0.15) is 0 Å². The molecule has 0 saturated heterocycles. The average Bonchev–Trinajstić information content (AvgIpc) is 1.61. The van der Waals surface area contributed by atoms with Gasteiger partial charge < -0.3 is 0 Å². The molecular formula is C3H9NO2. The number of nitrogens with one attached hydrogen (secondary N) is 1. The highest BCUT2D eigenvalue weighted by Gasteiger charge is 1.72. The molecule has 0 unspecified atom stereocenters. The van der Waals surface area contributed by atoms with Gasteiger partial charge in [0, 0.05) is 0 Å². The molecule has 0 rings (SSSR count). The van der Waals surface area contributed by atoms with Crippen molar-refractivity contribution in [1.82, 2.24) is 5.64 Å². The second-order valence-corrected chi connectivity index (χ2v) is 0.940. The van der Waals surface area contributed by atoms with Crippen molar-refractivity contribution < 1.29 is 10.0 Å². The maximum Gasteiger partial charge on any atom is 0.0706 e. The molecule has 0 aromatic heterocycles. The Balaban J connectivity index is 2.34. The Morgan fingerprint density at radius 2 is 2.50 bits per heavy atom. The summed E-state index contributed by atoms with van der Waals surface area (Å²) in [5, 5.41) is 7.73. The molecule has 2 N–H and O–H groups in total. The zero-order valence-corrected chi connectivity index (χ0v) is 3.77. The van der Waals surface area contributed by atoms with Gasteiger partial charge in [0.05, 0.1) is 6.61 Å². The van der Waals surface area contributed by atoms with Crippen LogP contribution in [0.5, 0.6) is 0 Å². The first-order chi connectivity index (χ1) is 2.91. The van der Waals surface area contributed by atoms with Crippen molar-refractivity contribution in [2.45, 2.75) is 13.3 Å². The van der Waals surface area contributed by atoms with E-state index in [0.717, 1.165) is 6.42 Å². The molecular weight excluding hydrogens is 82.0 g/mol. The molecule has 0 radical (unpaired) electrons. The lowest BCUT2D eigenvalue weighted by atomic mass is 10.5. The maximum absolute atomic E-state index is 7.73. The molecule has 38 valence electrons. The van der Waals surface area contributed by atoms with E-state index in [4.69, 9.17) is 5.21 Å². The predicted molar refractivity (Wildman–Crippen MR) is 21.2 cm³/mol. The highest BCUT2D eigenvalue weighted by atomic mass is 16.8. The van der Waals surface area contributed by atoms with Crippen LogP contribution in [0.4, 0.5) is 0 Å². The summed E-state index contributed by atoms with van der Waals surface area (Å²) in [6, 6.07) is 0. The normalized spacial score (nSPS) is 9.00. The molecule has 0 aliphatic heterocycles. The zero-order chi connectivity index (χ0) is 4.83. The fraction of sp³-hybridized carbons (Fsp3) is 1.00. The van der Waals surface area contributed by atoms with Crippen molar-refractivity contribution in [3.63, 3.8) is 0 Å². The minimum atomic E-state index is 0.552. The van der Waals surface area contributed by atoms with Crippen LogP contribution in [-0.4, -0.2) is 11.8 Å². The van der Waals surface area contributed by atoms with Crippen LogP contribution < -0.4 is 5.64 Å². The molecule has 0 amide bonds. The lowest BCUT2D eigenvalue weighted by Gasteiger charge is -1.91. The van der Waals surface area contributed by atoms with E-state index in [1.165, 1.54) is 0 Å². The van der Waals surface area contributed by atoms with Crippen LogP contribution in [0.1, 0.15) is 13.3 Å². The summed E-state index contributed by atoms with van der Waals surface area (Å²) < 4.78 is 0. The molecule has 0 spiro atoms. The first-order valence-corrected chi connectivity index (χ1v) is 1.92. The molecule has 0 aliphatic carbocycles. The summed E-state index contributed by atoms with van der Waals surface area (Å²) in [6.45, 7) is 2.51. The lowest BCUT2D eigenvalue weighted by molar-refractivity contribution is -0.126. The Labute approximate surface area is 36.8 Å². The molecule has 0 aliphatic rings. The van der Waals surface area contributed by atoms with Crippen molar-refractivity contribution in [2.75, 3.05) is 6.61 Å². The van der Waals surface area contributed by atoms with Crippen LogP contribution in [0.2, 0.25) is 0 Å². The third kappa shape index (κ3) is 3.88. The monoisotopic (exact) mass is 91.1 g/mol. The van der Waals surface area contributed by atoms with Gasteiger partial charge in [0.1, 0.15) is 0 Å². The first kappa shape index (κ1) is 5.88. The van der Waals surface area contributed by atoms with Crippen LogP contribution in [-0.2, 0) is 4.84 Å². The minimum absolute atomic E-state index is 0.552. The summed E-state index contributed by atoms with van der Waals surface area (Å²) in [4.78, 5) is 4.29. The molecule has 0 aromatic carbocycles. The van der Waals surface area contributed by atoms with Crippen molar-refractivity contribution in [1.29, 1.82) is 0 Å². The summed E-state index contributed by atoms with van der Waals surface area (Å²) >= 11 is 0. The van der Waals surface area contributed by atoms with Gasteiger partial charge in [0.25, 0.3) is 0 Å². The van der Waals surface area contributed by atoms with Gasteiger partial charge in [-0.15, -0.1) is 0 Å². The molecule has 0 fully saturated rings. The zero-order valence-electron chi connectivity index (χ0n) is 3.77. The fourth-order valence-corrected chi connectivity index (χ4v) is 0.148. The van der Waals surface area contributed by atoms with E-state index in [1.807, 2.05) is 6.92 Å². The van der Waals surface area contributed by atoms with Crippen molar-refractivity contribution in [3.8, 4) is 0 Å². The summed E-state index contributed by atoms with van der Waals surface area (Å²) in [6.07, 6.45) is 0.910. The van der Waals surface area contributed by atoms with E-state index in [0.29, 0.717) is 6.61 Å². The van der Waals surface area contributed by atoms with Crippen LogP contribution in [0.25, 0.3) is 0 Å². The van der Waals surface area contributed by atoms with Gasteiger partial charge in [0.15, 0.2) is 0 Å². The van der Waals surface area contributed by atoms with E-state index in [2.05, 4.69) is 4.84 Å². The molecule has 0 heterocycles. The van der Waals surface area contributed by atoms with Crippen molar-refractivity contribution in [2.24, 2.45) is 0 Å². The second-order valence-electron chi connectivity index (χ2n) is 0.940.